The Kier molecular flexibility index (Phi) is 4.41. The second kappa shape index (κ2) is 5.90. The van der Waals surface area contributed by atoms with E-state index in [1.807, 2.05) is 0 Å². The van der Waals surface area contributed by atoms with E-state index >= 15 is 0 Å². The first-order valence-electron chi connectivity index (χ1n) is 6.26. The Labute approximate surface area is 116 Å². The molecule has 1 saturated heterocycles. The maximum absolute atomic E-state index is 11.9. The Bertz CT molecular complexity index is 589. The third-order valence-corrected chi connectivity index (χ3v) is 4.11. The van der Waals surface area contributed by atoms with Crippen molar-refractivity contribution in [2.24, 2.45) is 5.14 Å². The number of H-pyrrole nitrogens is 1. The second-order valence-electron chi connectivity index (χ2n) is 4.66. The van der Waals surface area contributed by atoms with E-state index in [-0.39, 0.29) is 29.0 Å². The minimum atomic E-state index is -4.03. The van der Waals surface area contributed by atoms with Gasteiger partial charge < -0.3 is 9.47 Å². The van der Waals surface area contributed by atoms with Gasteiger partial charge in [0.15, 0.2) is 5.69 Å². The van der Waals surface area contributed by atoms with Crippen molar-refractivity contribution in [3.8, 4) is 0 Å². The second-order valence-corrected chi connectivity index (χ2v) is 6.16. The fourth-order valence-electron chi connectivity index (χ4n) is 2.08. The van der Waals surface area contributed by atoms with E-state index in [1.54, 1.807) is 0 Å². The number of carbonyl (C=O) groups is 1. The summed E-state index contributed by atoms with van der Waals surface area (Å²) in [5, 5.41) is 11.1. The molecule has 1 aliphatic heterocycles. The smallest absolute Gasteiger partial charge is 0.360 e. The number of esters is 1. The van der Waals surface area contributed by atoms with Crippen LogP contribution in [0.3, 0.4) is 0 Å². The molecule has 1 unspecified atom stereocenters. The monoisotopic (exact) mass is 303 g/mol. The maximum atomic E-state index is 11.9. The number of rotatable bonds is 4. The number of primary sulfonamides is 1. The van der Waals surface area contributed by atoms with Gasteiger partial charge in [0, 0.05) is 6.61 Å². The Hall–Kier alpha value is -1.45. The number of carbonyl (C=O) groups excluding carboxylic acids is 1. The summed E-state index contributed by atoms with van der Waals surface area (Å²) < 4.78 is 33.3. The van der Waals surface area contributed by atoms with Crippen molar-refractivity contribution in [3.05, 3.63) is 11.4 Å². The van der Waals surface area contributed by atoms with Crippen LogP contribution in [-0.2, 0) is 19.5 Å². The highest BCUT2D eigenvalue weighted by Crippen LogP contribution is 2.18. The Morgan fingerprint density at radius 3 is 2.90 bits per heavy atom. The molecule has 1 atom stereocenters. The Balaban J connectivity index is 2.06. The summed E-state index contributed by atoms with van der Waals surface area (Å²) in [5.74, 6) is -0.826. The van der Waals surface area contributed by atoms with E-state index in [2.05, 4.69) is 10.2 Å². The molecule has 0 aliphatic carbocycles. The SMILES string of the molecule is Cc1[nH]nc(C(=O)OCC2CCCCO2)c1S(N)(=O)=O. The number of hydrogen-bond donors (Lipinski definition) is 2. The summed E-state index contributed by atoms with van der Waals surface area (Å²) in [7, 11) is -4.03. The first-order valence-corrected chi connectivity index (χ1v) is 7.80. The molecule has 3 N–H and O–H groups in total. The highest BCUT2D eigenvalue weighted by Gasteiger charge is 2.27. The zero-order chi connectivity index (χ0) is 14.8. The predicted molar refractivity (Wildman–Crippen MR) is 68.6 cm³/mol. The number of aromatic nitrogens is 2. The van der Waals surface area contributed by atoms with Crippen molar-refractivity contribution in [1.82, 2.24) is 10.2 Å². The summed E-state index contributed by atoms with van der Waals surface area (Å²) in [4.78, 5) is 11.6. The quantitative estimate of drug-likeness (QED) is 0.760. The third-order valence-electron chi connectivity index (χ3n) is 3.04. The van der Waals surface area contributed by atoms with Gasteiger partial charge in [0.2, 0.25) is 10.0 Å². The van der Waals surface area contributed by atoms with E-state index in [1.165, 1.54) is 6.92 Å². The van der Waals surface area contributed by atoms with Crippen LogP contribution in [0.5, 0.6) is 0 Å². The predicted octanol–water partition coefficient (Wildman–Crippen LogP) is 0.0914. The minimum Gasteiger partial charge on any atom is -0.458 e. The molecule has 0 radical (unpaired) electrons. The fourth-order valence-corrected chi connectivity index (χ4v) is 2.95. The van der Waals surface area contributed by atoms with Gasteiger partial charge in [-0.05, 0) is 26.2 Å². The molecule has 20 heavy (non-hydrogen) atoms. The van der Waals surface area contributed by atoms with Crippen LogP contribution in [0, 0.1) is 6.92 Å². The van der Waals surface area contributed by atoms with Crippen molar-refractivity contribution in [3.63, 3.8) is 0 Å². The summed E-state index contributed by atoms with van der Waals surface area (Å²) >= 11 is 0. The third kappa shape index (κ3) is 3.35. The summed E-state index contributed by atoms with van der Waals surface area (Å²) in [6, 6.07) is 0. The molecule has 2 rings (SSSR count). The number of nitrogens with two attached hydrogens (primary N) is 1. The lowest BCUT2D eigenvalue weighted by molar-refractivity contribution is -0.0303. The topological polar surface area (TPSA) is 124 Å². The minimum absolute atomic E-state index is 0.0782. The van der Waals surface area contributed by atoms with Gasteiger partial charge in [-0.2, -0.15) is 5.10 Å². The molecule has 2 heterocycles. The van der Waals surface area contributed by atoms with Crippen LogP contribution in [0.4, 0.5) is 0 Å². The molecule has 1 aliphatic rings. The normalized spacial score (nSPS) is 19.8. The number of hydrogen-bond acceptors (Lipinski definition) is 6. The number of nitrogens with zero attached hydrogens (tertiary/aromatic N) is 1. The lowest BCUT2D eigenvalue weighted by atomic mass is 10.1. The standard InChI is InChI=1S/C11H17N3O5S/c1-7-10(20(12,16)17)9(14-13-7)11(15)19-6-8-4-2-3-5-18-8/h8H,2-6H2,1H3,(H,13,14)(H2,12,16,17). The lowest BCUT2D eigenvalue weighted by Crippen LogP contribution is -2.26. The van der Waals surface area contributed by atoms with E-state index in [0.29, 0.717) is 6.61 Å². The van der Waals surface area contributed by atoms with Crippen LogP contribution in [0.25, 0.3) is 0 Å². The van der Waals surface area contributed by atoms with E-state index in [0.717, 1.165) is 19.3 Å². The van der Waals surface area contributed by atoms with Crippen molar-refractivity contribution in [2.75, 3.05) is 13.2 Å². The number of ether oxygens (including phenoxy) is 2. The van der Waals surface area contributed by atoms with Gasteiger partial charge in [-0.3, -0.25) is 5.10 Å². The van der Waals surface area contributed by atoms with E-state index < -0.39 is 16.0 Å². The number of aromatic amines is 1. The van der Waals surface area contributed by atoms with Gasteiger partial charge in [-0.25, -0.2) is 18.4 Å². The molecular formula is C11H17N3O5S. The first kappa shape index (κ1) is 14.9. The van der Waals surface area contributed by atoms with Gasteiger partial charge in [0.25, 0.3) is 0 Å². The molecule has 0 spiro atoms. The van der Waals surface area contributed by atoms with Gasteiger partial charge in [-0.15, -0.1) is 0 Å². The summed E-state index contributed by atoms with van der Waals surface area (Å²) in [6.45, 7) is 2.19. The number of sulfonamides is 1. The van der Waals surface area contributed by atoms with Crippen LogP contribution < -0.4 is 5.14 Å². The van der Waals surface area contributed by atoms with E-state index in [4.69, 9.17) is 14.6 Å². The van der Waals surface area contributed by atoms with Gasteiger partial charge in [0.1, 0.15) is 11.5 Å². The van der Waals surface area contributed by atoms with Crippen LogP contribution >= 0.6 is 0 Å². The molecule has 1 aromatic rings. The average Bonchev–Trinajstić information content (AvgIpc) is 2.79. The Morgan fingerprint density at radius 1 is 1.55 bits per heavy atom. The maximum Gasteiger partial charge on any atom is 0.360 e. The molecule has 0 amide bonds. The molecule has 1 fully saturated rings. The number of aryl methyl sites for hydroxylation is 1. The van der Waals surface area contributed by atoms with Gasteiger partial charge >= 0.3 is 5.97 Å². The van der Waals surface area contributed by atoms with Gasteiger partial charge in [0.05, 0.1) is 11.8 Å². The highest BCUT2D eigenvalue weighted by atomic mass is 32.2. The van der Waals surface area contributed by atoms with Gasteiger partial charge in [-0.1, -0.05) is 0 Å². The van der Waals surface area contributed by atoms with Crippen LogP contribution in [-0.4, -0.2) is 43.9 Å². The molecule has 0 bridgehead atoms. The van der Waals surface area contributed by atoms with E-state index in [9.17, 15) is 13.2 Å². The van der Waals surface area contributed by atoms with Crippen molar-refractivity contribution in [2.45, 2.75) is 37.2 Å². The molecule has 112 valence electrons. The lowest BCUT2D eigenvalue weighted by Gasteiger charge is -2.21. The summed E-state index contributed by atoms with van der Waals surface area (Å²) in [6.07, 6.45) is 2.69. The Morgan fingerprint density at radius 2 is 2.30 bits per heavy atom. The first-order chi connectivity index (χ1) is 9.39. The summed E-state index contributed by atoms with van der Waals surface area (Å²) in [5.41, 5.74) is -0.117. The molecule has 1 aromatic heterocycles. The molecule has 0 aromatic carbocycles. The zero-order valence-electron chi connectivity index (χ0n) is 11.1. The van der Waals surface area contributed by atoms with Crippen LogP contribution in [0.15, 0.2) is 4.90 Å². The average molecular weight is 303 g/mol. The molecule has 0 saturated carbocycles. The van der Waals surface area contributed by atoms with Crippen molar-refractivity contribution < 1.29 is 22.7 Å². The molecular weight excluding hydrogens is 286 g/mol. The number of nitrogens with one attached hydrogen (secondary N) is 1. The van der Waals surface area contributed by atoms with Crippen LogP contribution in [0.2, 0.25) is 0 Å². The van der Waals surface area contributed by atoms with Crippen LogP contribution in [0.1, 0.15) is 35.4 Å². The molecule has 9 heteroatoms. The van der Waals surface area contributed by atoms with Crippen molar-refractivity contribution >= 4 is 16.0 Å². The van der Waals surface area contributed by atoms with Crippen molar-refractivity contribution in [1.29, 1.82) is 0 Å². The largest absolute Gasteiger partial charge is 0.458 e. The molecule has 8 nitrogen and oxygen atoms in total. The fraction of sp³-hybridized carbons (Fsp3) is 0.636. The zero-order valence-corrected chi connectivity index (χ0v) is 11.9. The highest BCUT2D eigenvalue weighted by molar-refractivity contribution is 7.89.